The summed E-state index contributed by atoms with van der Waals surface area (Å²) in [6.45, 7) is 1.73. The standard InChI is InChI=1S/C9H8N2O/c1-3-4-9(12)8-5-6-10-7(2)11-8/h1,5-6H,4H2,2H3. The van der Waals surface area contributed by atoms with E-state index in [0.29, 0.717) is 11.5 Å². The van der Waals surface area contributed by atoms with Crippen LogP contribution in [0.15, 0.2) is 12.3 Å². The van der Waals surface area contributed by atoms with Gasteiger partial charge in [0.15, 0.2) is 5.78 Å². The minimum atomic E-state index is -0.136. The number of carbonyl (C=O) groups excluding carboxylic acids is 1. The van der Waals surface area contributed by atoms with E-state index in [1.54, 1.807) is 19.2 Å². The Morgan fingerprint density at radius 1 is 1.75 bits per heavy atom. The van der Waals surface area contributed by atoms with Crippen molar-refractivity contribution in [3.8, 4) is 12.3 Å². The molecule has 0 unspecified atom stereocenters. The van der Waals surface area contributed by atoms with E-state index in [2.05, 4.69) is 15.9 Å². The van der Waals surface area contributed by atoms with Crippen LogP contribution < -0.4 is 0 Å². The second kappa shape index (κ2) is 3.63. The zero-order chi connectivity index (χ0) is 8.97. The molecule has 1 rings (SSSR count). The summed E-state index contributed by atoms with van der Waals surface area (Å²) < 4.78 is 0. The Morgan fingerprint density at radius 2 is 2.50 bits per heavy atom. The van der Waals surface area contributed by atoms with Gasteiger partial charge in [0.05, 0.1) is 6.42 Å². The summed E-state index contributed by atoms with van der Waals surface area (Å²) in [5.41, 5.74) is 0.389. The number of nitrogens with zero attached hydrogens (tertiary/aromatic N) is 2. The van der Waals surface area contributed by atoms with E-state index in [0.717, 1.165) is 0 Å². The number of aryl methyl sites for hydroxylation is 1. The molecular formula is C9H8N2O. The van der Waals surface area contributed by atoms with Crippen molar-refractivity contribution in [1.29, 1.82) is 0 Å². The van der Waals surface area contributed by atoms with E-state index in [4.69, 9.17) is 6.42 Å². The molecular weight excluding hydrogens is 152 g/mol. The van der Waals surface area contributed by atoms with Crippen LogP contribution in [0.25, 0.3) is 0 Å². The minimum absolute atomic E-state index is 0.0937. The maximum absolute atomic E-state index is 11.2. The van der Waals surface area contributed by atoms with E-state index in [1.165, 1.54) is 0 Å². The second-order valence-electron chi connectivity index (χ2n) is 2.29. The van der Waals surface area contributed by atoms with Crippen LogP contribution in [0.4, 0.5) is 0 Å². The van der Waals surface area contributed by atoms with Crippen molar-refractivity contribution >= 4 is 5.78 Å². The second-order valence-corrected chi connectivity index (χ2v) is 2.29. The molecule has 0 aromatic carbocycles. The number of rotatable bonds is 2. The van der Waals surface area contributed by atoms with Crippen LogP contribution in [-0.4, -0.2) is 15.8 Å². The lowest BCUT2D eigenvalue weighted by Gasteiger charge is -1.95. The highest BCUT2D eigenvalue weighted by atomic mass is 16.1. The van der Waals surface area contributed by atoms with Gasteiger partial charge in [0.25, 0.3) is 0 Å². The summed E-state index contributed by atoms with van der Waals surface area (Å²) in [6.07, 6.45) is 6.63. The fourth-order valence-electron chi connectivity index (χ4n) is 0.795. The number of Topliss-reactive ketones (excluding diaryl/α,β-unsaturated/α-hetero) is 1. The quantitative estimate of drug-likeness (QED) is 0.478. The van der Waals surface area contributed by atoms with Crippen LogP contribution in [0.2, 0.25) is 0 Å². The fraction of sp³-hybridized carbons (Fsp3) is 0.222. The lowest BCUT2D eigenvalue weighted by molar-refractivity contribution is 0.0993. The minimum Gasteiger partial charge on any atom is -0.291 e. The third-order valence-corrected chi connectivity index (χ3v) is 1.32. The van der Waals surface area contributed by atoms with Gasteiger partial charge in [-0.3, -0.25) is 4.79 Å². The first-order valence-corrected chi connectivity index (χ1v) is 3.50. The number of hydrogen-bond donors (Lipinski definition) is 0. The van der Waals surface area contributed by atoms with E-state index in [-0.39, 0.29) is 12.2 Å². The van der Waals surface area contributed by atoms with Crippen molar-refractivity contribution < 1.29 is 4.79 Å². The molecule has 1 heterocycles. The molecule has 60 valence electrons. The number of ketones is 1. The number of terminal acetylenes is 1. The highest BCUT2D eigenvalue weighted by Crippen LogP contribution is 1.98. The molecule has 0 spiro atoms. The van der Waals surface area contributed by atoms with Gasteiger partial charge in [-0.1, -0.05) is 5.92 Å². The van der Waals surface area contributed by atoms with Crippen molar-refractivity contribution in [2.45, 2.75) is 13.3 Å². The molecule has 0 amide bonds. The lowest BCUT2D eigenvalue weighted by atomic mass is 10.2. The van der Waals surface area contributed by atoms with E-state index in [1.807, 2.05) is 0 Å². The molecule has 0 aliphatic carbocycles. The molecule has 1 aromatic rings. The summed E-state index contributed by atoms with van der Waals surface area (Å²) in [5, 5.41) is 0. The van der Waals surface area contributed by atoms with Crippen LogP contribution in [0.5, 0.6) is 0 Å². The molecule has 0 saturated carbocycles. The van der Waals surface area contributed by atoms with Gasteiger partial charge in [-0.2, -0.15) is 0 Å². The monoisotopic (exact) mass is 160 g/mol. The van der Waals surface area contributed by atoms with Crippen molar-refractivity contribution in [1.82, 2.24) is 9.97 Å². The van der Waals surface area contributed by atoms with Crippen LogP contribution >= 0.6 is 0 Å². The van der Waals surface area contributed by atoms with Gasteiger partial charge in [0.2, 0.25) is 0 Å². The molecule has 0 aliphatic rings. The lowest BCUT2D eigenvalue weighted by Crippen LogP contribution is -2.02. The number of aromatic nitrogens is 2. The molecule has 0 N–H and O–H groups in total. The van der Waals surface area contributed by atoms with Crippen LogP contribution in [0, 0.1) is 19.3 Å². The molecule has 1 aromatic heterocycles. The highest BCUT2D eigenvalue weighted by Gasteiger charge is 2.04. The summed E-state index contributed by atoms with van der Waals surface area (Å²) >= 11 is 0. The van der Waals surface area contributed by atoms with Gasteiger partial charge >= 0.3 is 0 Å². The van der Waals surface area contributed by atoms with Gasteiger partial charge < -0.3 is 0 Å². The topological polar surface area (TPSA) is 42.9 Å². The van der Waals surface area contributed by atoms with Crippen molar-refractivity contribution in [3.05, 3.63) is 23.8 Å². The Kier molecular flexibility index (Phi) is 2.54. The molecule has 0 fully saturated rings. The third-order valence-electron chi connectivity index (χ3n) is 1.32. The SMILES string of the molecule is C#CCC(=O)c1ccnc(C)n1. The Balaban J connectivity index is 2.90. The first-order chi connectivity index (χ1) is 5.74. The zero-order valence-electron chi connectivity index (χ0n) is 6.74. The maximum Gasteiger partial charge on any atom is 0.193 e. The van der Waals surface area contributed by atoms with Gasteiger partial charge in [0, 0.05) is 6.20 Å². The Morgan fingerprint density at radius 3 is 3.08 bits per heavy atom. The molecule has 12 heavy (non-hydrogen) atoms. The van der Waals surface area contributed by atoms with Crippen molar-refractivity contribution in [2.75, 3.05) is 0 Å². The van der Waals surface area contributed by atoms with Crippen molar-refractivity contribution in [3.63, 3.8) is 0 Å². The highest BCUT2D eigenvalue weighted by molar-refractivity contribution is 5.95. The van der Waals surface area contributed by atoms with Crippen LogP contribution in [-0.2, 0) is 0 Å². The Labute approximate surface area is 70.9 Å². The summed E-state index contributed by atoms with van der Waals surface area (Å²) in [4.78, 5) is 19.0. The molecule has 0 saturated heterocycles. The van der Waals surface area contributed by atoms with E-state index < -0.39 is 0 Å². The largest absolute Gasteiger partial charge is 0.291 e. The smallest absolute Gasteiger partial charge is 0.193 e. The Bertz CT molecular complexity index is 339. The third kappa shape index (κ3) is 1.89. The maximum atomic E-state index is 11.2. The first-order valence-electron chi connectivity index (χ1n) is 3.50. The molecule has 0 radical (unpaired) electrons. The number of hydrogen-bond acceptors (Lipinski definition) is 3. The molecule has 0 aliphatic heterocycles. The predicted molar refractivity (Wildman–Crippen MR) is 44.5 cm³/mol. The zero-order valence-corrected chi connectivity index (χ0v) is 6.74. The summed E-state index contributed by atoms with van der Waals surface area (Å²) in [7, 11) is 0. The average Bonchev–Trinajstić information content (AvgIpc) is 2.05. The van der Waals surface area contributed by atoms with Crippen molar-refractivity contribution in [2.24, 2.45) is 0 Å². The summed E-state index contributed by atoms with van der Waals surface area (Å²) in [5.74, 6) is 2.72. The first kappa shape index (κ1) is 8.41. The average molecular weight is 160 g/mol. The van der Waals surface area contributed by atoms with Crippen LogP contribution in [0.1, 0.15) is 22.7 Å². The Hall–Kier alpha value is -1.69. The van der Waals surface area contributed by atoms with E-state index in [9.17, 15) is 4.79 Å². The molecule has 3 heteroatoms. The van der Waals surface area contributed by atoms with Gasteiger partial charge in [0.1, 0.15) is 11.5 Å². The number of carbonyl (C=O) groups is 1. The van der Waals surface area contributed by atoms with Crippen LogP contribution in [0.3, 0.4) is 0 Å². The molecule has 0 bridgehead atoms. The van der Waals surface area contributed by atoms with Gasteiger partial charge in [-0.15, -0.1) is 6.42 Å². The molecule has 0 atom stereocenters. The normalized spacial score (nSPS) is 9.00. The predicted octanol–water partition coefficient (Wildman–Crippen LogP) is 0.991. The summed E-state index contributed by atoms with van der Waals surface area (Å²) in [6, 6.07) is 1.56. The molecule has 3 nitrogen and oxygen atoms in total. The van der Waals surface area contributed by atoms with Gasteiger partial charge in [-0.05, 0) is 13.0 Å². The van der Waals surface area contributed by atoms with E-state index >= 15 is 0 Å². The van der Waals surface area contributed by atoms with Gasteiger partial charge in [-0.25, -0.2) is 9.97 Å². The fourth-order valence-corrected chi connectivity index (χ4v) is 0.795.